The standard InChI is InChI=1S/C24H32N4O5/c1-6-7-20(28-23(30)33-24(2,3)4)21-14-16(10-11-26-21)18-9-8-17(15-19(18)25)27-22(29)32-13-12-31-5/h6,8-11,14-15,20H,1,7,12-13,25H2,2-5H3,(H,27,29)(H,28,30)/t20-/m0/s1. The summed E-state index contributed by atoms with van der Waals surface area (Å²) in [5, 5.41) is 5.46. The van der Waals surface area contributed by atoms with Gasteiger partial charge in [-0.15, -0.1) is 6.58 Å². The normalized spacial score (nSPS) is 11.9. The lowest BCUT2D eigenvalue weighted by atomic mass is 10.0. The smallest absolute Gasteiger partial charge is 0.411 e. The highest BCUT2D eigenvalue weighted by Gasteiger charge is 2.21. The van der Waals surface area contributed by atoms with E-state index in [1.54, 1.807) is 51.2 Å². The zero-order valence-electron chi connectivity index (χ0n) is 19.5. The van der Waals surface area contributed by atoms with Gasteiger partial charge in [-0.25, -0.2) is 9.59 Å². The summed E-state index contributed by atoms with van der Waals surface area (Å²) >= 11 is 0. The highest BCUT2D eigenvalue weighted by atomic mass is 16.6. The number of pyridine rings is 1. The second-order valence-electron chi connectivity index (χ2n) is 8.25. The molecular formula is C24H32N4O5. The van der Waals surface area contributed by atoms with Crippen molar-refractivity contribution in [3.63, 3.8) is 0 Å². The summed E-state index contributed by atoms with van der Waals surface area (Å²) in [6, 6.07) is 8.42. The SMILES string of the molecule is C=CC[C@H](NC(=O)OC(C)(C)C)c1cc(-c2ccc(NC(=O)OCCOC)cc2N)ccn1. The number of methoxy groups -OCH3 is 1. The molecule has 0 aliphatic heterocycles. The summed E-state index contributed by atoms with van der Waals surface area (Å²) in [5.74, 6) is 0. The highest BCUT2D eigenvalue weighted by Crippen LogP contribution is 2.30. The fourth-order valence-corrected chi connectivity index (χ4v) is 2.95. The molecule has 1 aromatic heterocycles. The van der Waals surface area contributed by atoms with Gasteiger partial charge in [-0.2, -0.15) is 0 Å². The van der Waals surface area contributed by atoms with Crippen LogP contribution >= 0.6 is 0 Å². The van der Waals surface area contributed by atoms with Gasteiger partial charge in [-0.05, 0) is 57.0 Å². The molecule has 9 heteroatoms. The van der Waals surface area contributed by atoms with Gasteiger partial charge in [0, 0.05) is 30.2 Å². The molecule has 1 aromatic carbocycles. The maximum atomic E-state index is 12.3. The van der Waals surface area contributed by atoms with E-state index >= 15 is 0 Å². The zero-order valence-corrected chi connectivity index (χ0v) is 19.5. The first-order valence-corrected chi connectivity index (χ1v) is 10.5. The fourth-order valence-electron chi connectivity index (χ4n) is 2.95. The van der Waals surface area contributed by atoms with Gasteiger partial charge >= 0.3 is 12.2 Å². The number of alkyl carbamates (subject to hydrolysis) is 1. The van der Waals surface area contributed by atoms with E-state index in [0.717, 1.165) is 11.1 Å². The molecule has 0 radical (unpaired) electrons. The maximum Gasteiger partial charge on any atom is 0.411 e. The van der Waals surface area contributed by atoms with Crippen LogP contribution in [0.2, 0.25) is 0 Å². The molecule has 2 aromatic rings. The van der Waals surface area contributed by atoms with E-state index in [4.69, 9.17) is 19.9 Å². The van der Waals surface area contributed by atoms with E-state index in [1.165, 1.54) is 7.11 Å². The van der Waals surface area contributed by atoms with Crippen molar-refractivity contribution in [1.82, 2.24) is 10.3 Å². The summed E-state index contributed by atoms with van der Waals surface area (Å²) in [6.07, 6.45) is 2.70. The Kier molecular flexibility index (Phi) is 9.23. The van der Waals surface area contributed by atoms with Crippen LogP contribution in [0, 0.1) is 0 Å². The Hall–Kier alpha value is -3.59. The summed E-state index contributed by atoms with van der Waals surface area (Å²) in [6.45, 7) is 9.63. The number of aromatic nitrogens is 1. The molecule has 0 spiro atoms. The van der Waals surface area contributed by atoms with Crippen LogP contribution in [-0.4, -0.2) is 43.1 Å². The van der Waals surface area contributed by atoms with Crippen LogP contribution in [-0.2, 0) is 14.2 Å². The number of nitrogens with two attached hydrogens (primary N) is 1. The number of hydrogen-bond donors (Lipinski definition) is 3. The van der Waals surface area contributed by atoms with Gasteiger partial charge in [0.05, 0.1) is 18.3 Å². The van der Waals surface area contributed by atoms with Crippen molar-refractivity contribution in [3.8, 4) is 11.1 Å². The van der Waals surface area contributed by atoms with Gasteiger partial charge in [0.2, 0.25) is 0 Å². The molecule has 0 saturated carbocycles. The minimum Gasteiger partial charge on any atom is -0.447 e. The van der Waals surface area contributed by atoms with Gasteiger partial charge < -0.3 is 25.3 Å². The zero-order chi connectivity index (χ0) is 24.4. The molecule has 4 N–H and O–H groups in total. The van der Waals surface area contributed by atoms with Crippen molar-refractivity contribution in [2.24, 2.45) is 0 Å². The minimum absolute atomic E-state index is 0.152. The van der Waals surface area contributed by atoms with Crippen molar-refractivity contribution < 1.29 is 23.8 Å². The number of nitrogens with one attached hydrogen (secondary N) is 2. The molecule has 0 aliphatic carbocycles. The monoisotopic (exact) mass is 456 g/mol. The van der Waals surface area contributed by atoms with E-state index < -0.39 is 23.8 Å². The van der Waals surface area contributed by atoms with Gasteiger partial charge in [-0.3, -0.25) is 10.3 Å². The van der Waals surface area contributed by atoms with Gasteiger partial charge in [-0.1, -0.05) is 12.1 Å². The Morgan fingerprint density at radius 3 is 2.58 bits per heavy atom. The number of rotatable bonds is 9. The van der Waals surface area contributed by atoms with E-state index in [2.05, 4.69) is 22.2 Å². The van der Waals surface area contributed by atoms with Crippen molar-refractivity contribution in [3.05, 3.63) is 54.9 Å². The third-order valence-electron chi connectivity index (χ3n) is 4.36. The number of benzene rings is 1. The van der Waals surface area contributed by atoms with Crippen LogP contribution in [0.1, 0.15) is 38.9 Å². The van der Waals surface area contributed by atoms with E-state index in [9.17, 15) is 9.59 Å². The largest absolute Gasteiger partial charge is 0.447 e. The number of nitrogen functional groups attached to an aromatic ring is 1. The predicted molar refractivity (Wildman–Crippen MR) is 128 cm³/mol. The van der Waals surface area contributed by atoms with E-state index in [1.807, 2.05) is 12.1 Å². The highest BCUT2D eigenvalue weighted by molar-refractivity contribution is 5.88. The fraction of sp³-hybridized carbons (Fsp3) is 0.375. The van der Waals surface area contributed by atoms with E-state index in [-0.39, 0.29) is 6.61 Å². The van der Waals surface area contributed by atoms with Crippen LogP contribution in [0.5, 0.6) is 0 Å². The second kappa shape index (κ2) is 11.9. The third kappa shape index (κ3) is 8.46. The van der Waals surface area contributed by atoms with Crippen molar-refractivity contribution in [1.29, 1.82) is 0 Å². The van der Waals surface area contributed by atoms with Crippen LogP contribution in [0.3, 0.4) is 0 Å². The first-order valence-electron chi connectivity index (χ1n) is 10.5. The lowest BCUT2D eigenvalue weighted by molar-refractivity contribution is 0.0503. The number of carbonyl (C=O) groups excluding carboxylic acids is 2. The average Bonchev–Trinajstić information content (AvgIpc) is 2.72. The number of nitrogens with zero attached hydrogens (tertiary/aromatic N) is 1. The summed E-state index contributed by atoms with van der Waals surface area (Å²) in [4.78, 5) is 28.5. The number of ether oxygens (including phenoxy) is 3. The maximum absolute atomic E-state index is 12.3. The Morgan fingerprint density at radius 2 is 1.94 bits per heavy atom. The number of carbonyl (C=O) groups is 2. The van der Waals surface area contributed by atoms with Crippen LogP contribution in [0.25, 0.3) is 11.1 Å². The molecule has 0 saturated heterocycles. The molecule has 0 fully saturated rings. The first-order chi connectivity index (χ1) is 15.6. The van der Waals surface area contributed by atoms with Crippen LogP contribution in [0.4, 0.5) is 21.0 Å². The van der Waals surface area contributed by atoms with E-state index in [0.29, 0.717) is 30.1 Å². The van der Waals surface area contributed by atoms with Gasteiger partial charge in [0.15, 0.2) is 0 Å². The van der Waals surface area contributed by atoms with Crippen molar-refractivity contribution >= 4 is 23.6 Å². The van der Waals surface area contributed by atoms with Gasteiger partial charge in [0.1, 0.15) is 12.2 Å². The lowest BCUT2D eigenvalue weighted by Crippen LogP contribution is -2.35. The molecule has 1 atom stereocenters. The van der Waals surface area contributed by atoms with Crippen molar-refractivity contribution in [2.75, 3.05) is 31.4 Å². The number of amides is 2. The Balaban J connectivity index is 2.18. The molecule has 2 rings (SSSR count). The third-order valence-corrected chi connectivity index (χ3v) is 4.36. The lowest BCUT2D eigenvalue weighted by Gasteiger charge is -2.23. The Morgan fingerprint density at radius 1 is 1.18 bits per heavy atom. The minimum atomic E-state index is -0.613. The van der Waals surface area contributed by atoms with Crippen LogP contribution < -0.4 is 16.4 Å². The topological polar surface area (TPSA) is 125 Å². The number of hydrogen-bond acceptors (Lipinski definition) is 7. The number of anilines is 2. The quantitative estimate of drug-likeness (QED) is 0.284. The first kappa shape index (κ1) is 25.7. The molecule has 2 amide bonds. The molecule has 178 valence electrons. The second-order valence-corrected chi connectivity index (χ2v) is 8.25. The molecule has 9 nitrogen and oxygen atoms in total. The summed E-state index contributed by atoms with van der Waals surface area (Å²) < 4.78 is 15.2. The average molecular weight is 457 g/mol. The molecule has 0 unspecified atom stereocenters. The predicted octanol–water partition coefficient (Wildman–Crippen LogP) is 4.67. The Bertz CT molecular complexity index is 972. The Labute approximate surface area is 194 Å². The van der Waals surface area contributed by atoms with Crippen molar-refractivity contribution in [2.45, 2.75) is 38.8 Å². The molecule has 33 heavy (non-hydrogen) atoms. The summed E-state index contributed by atoms with van der Waals surface area (Å²) in [5.41, 5.74) is 8.81. The molecule has 1 heterocycles. The molecule has 0 aliphatic rings. The molecular weight excluding hydrogens is 424 g/mol. The van der Waals surface area contributed by atoms with Gasteiger partial charge in [0.25, 0.3) is 0 Å². The molecule has 0 bridgehead atoms. The summed E-state index contributed by atoms with van der Waals surface area (Å²) in [7, 11) is 1.53. The van der Waals surface area contributed by atoms with Crippen LogP contribution in [0.15, 0.2) is 49.2 Å².